The zero-order valence-electron chi connectivity index (χ0n) is 10.9. The van der Waals surface area contributed by atoms with Crippen molar-refractivity contribution in [2.75, 3.05) is 26.3 Å². The Labute approximate surface area is 123 Å². The average molecular weight is 361 g/mol. The van der Waals surface area contributed by atoms with Gasteiger partial charge in [0.1, 0.15) is 18.5 Å². The van der Waals surface area contributed by atoms with Gasteiger partial charge in [0.25, 0.3) is 0 Å². The summed E-state index contributed by atoms with van der Waals surface area (Å²) in [6.45, 7) is 7.87. The zero-order valence-corrected chi connectivity index (χ0v) is 13.1. The lowest BCUT2D eigenvalue weighted by Crippen LogP contribution is -2.47. The molecule has 1 aliphatic heterocycles. The lowest BCUT2D eigenvalue weighted by atomic mass is 10.2. The van der Waals surface area contributed by atoms with Gasteiger partial charge in [-0.25, -0.2) is 0 Å². The van der Waals surface area contributed by atoms with Crippen LogP contribution >= 0.6 is 22.6 Å². The van der Waals surface area contributed by atoms with Gasteiger partial charge in [-0.1, -0.05) is 6.07 Å². The molecular weight excluding hydrogens is 341 g/mol. The first-order valence-electron chi connectivity index (χ1n) is 6.39. The molecule has 0 bridgehead atoms. The second-order valence-electron chi connectivity index (χ2n) is 4.85. The van der Waals surface area contributed by atoms with E-state index in [1.807, 2.05) is 18.2 Å². The highest BCUT2D eigenvalue weighted by atomic mass is 127. The van der Waals surface area contributed by atoms with Crippen LogP contribution < -0.4 is 4.74 Å². The smallest absolute Gasteiger partial charge is 0.120 e. The zero-order chi connectivity index (χ0) is 13.0. The molecule has 1 fully saturated rings. The number of hydrogen-bond donors (Lipinski definition) is 0. The van der Waals surface area contributed by atoms with Crippen LogP contribution in [0.3, 0.4) is 0 Å². The Bertz CT molecular complexity index is 384. The minimum Gasteiger partial charge on any atom is -0.491 e. The molecule has 1 aliphatic rings. The van der Waals surface area contributed by atoms with Crippen LogP contribution in [-0.2, 0) is 4.74 Å². The van der Waals surface area contributed by atoms with Gasteiger partial charge in [0.15, 0.2) is 0 Å². The van der Waals surface area contributed by atoms with Crippen LogP contribution in [0, 0.1) is 3.57 Å². The lowest BCUT2D eigenvalue weighted by Gasteiger charge is -2.35. The first-order chi connectivity index (χ1) is 8.65. The predicted molar refractivity (Wildman–Crippen MR) is 81.1 cm³/mol. The van der Waals surface area contributed by atoms with E-state index in [9.17, 15) is 0 Å². The molecule has 1 aromatic carbocycles. The number of hydrogen-bond acceptors (Lipinski definition) is 3. The van der Waals surface area contributed by atoms with Crippen LogP contribution in [0.15, 0.2) is 24.3 Å². The van der Waals surface area contributed by atoms with E-state index < -0.39 is 0 Å². The largest absolute Gasteiger partial charge is 0.491 e. The van der Waals surface area contributed by atoms with E-state index >= 15 is 0 Å². The molecule has 1 aromatic rings. The Balaban J connectivity index is 1.83. The van der Waals surface area contributed by atoms with Gasteiger partial charge in [0.05, 0.1) is 6.61 Å². The number of morpholine rings is 1. The van der Waals surface area contributed by atoms with Gasteiger partial charge < -0.3 is 9.47 Å². The van der Waals surface area contributed by atoms with Crippen molar-refractivity contribution in [1.82, 2.24) is 4.90 Å². The maximum Gasteiger partial charge on any atom is 0.120 e. The molecular formula is C14H20INO2. The van der Waals surface area contributed by atoms with Crippen LogP contribution in [0.2, 0.25) is 0 Å². The van der Waals surface area contributed by atoms with Gasteiger partial charge in [0.2, 0.25) is 0 Å². The molecule has 0 spiro atoms. The third kappa shape index (κ3) is 4.10. The monoisotopic (exact) mass is 361 g/mol. The summed E-state index contributed by atoms with van der Waals surface area (Å²) in [5.74, 6) is 0.923. The second kappa shape index (κ2) is 6.73. The highest BCUT2D eigenvalue weighted by Crippen LogP contribution is 2.16. The molecule has 4 heteroatoms. The van der Waals surface area contributed by atoms with E-state index in [4.69, 9.17) is 9.47 Å². The van der Waals surface area contributed by atoms with Crippen molar-refractivity contribution in [2.24, 2.45) is 0 Å². The maximum atomic E-state index is 5.80. The fraction of sp³-hybridized carbons (Fsp3) is 0.571. The van der Waals surface area contributed by atoms with Crippen molar-refractivity contribution >= 4 is 22.6 Å². The standard InChI is InChI=1S/C14H20INO2/c1-11(2)16-6-7-17-14(9-16)10-18-13-5-3-4-12(15)8-13/h3-5,8,11,14H,6-7,9-10H2,1-2H3. The molecule has 100 valence electrons. The van der Waals surface area contributed by atoms with Crippen LogP contribution in [0.25, 0.3) is 0 Å². The molecule has 2 rings (SSSR count). The summed E-state index contributed by atoms with van der Waals surface area (Å²) in [6.07, 6.45) is 0.180. The Hall–Kier alpha value is -0.330. The molecule has 1 saturated heterocycles. The Morgan fingerprint density at radius 3 is 3.06 bits per heavy atom. The van der Waals surface area contributed by atoms with Gasteiger partial charge in [-0.15, -0.1) is 0 Å². The first kappa shape index (κ1) is 14.1. The molecule has 1 unspecified atom stereocenters. The van der Waals surface area contributed by atoms with Crippen LogP contribution in [0.4, 0.5) is 0 Å². The Morgan fingerprint density at radius 1 is 1.50 bits per heavy atom. The van der Waals surface area contributed by atoms with Crippen molar-refractivity contribution in [1.29, 1.82) is 0 Å². The molecule has 3 nitrogen and oxygen atoms in total. The summed E-state index contributed by atoms with van der Waals surface area (Å²) in [5.41, 5.74) is 0. The molecule has 1 heterocycles. The molecule has 0 amide bonds. The second-order valence-corrected chi connectivity index (χ2v) is 6.10. The van der Waals surface area contributed by atoms with E-state index in [1.165, 1.54) is 3.57 Å². The minimum absolute atomic E-state index is 0.180. The average Bonchev–Trinajstić information content (AvgIpc) is 2.37. The molecule has 1 atom stereocenters. The van der Waals surface area contributed by atoms with E-state index in [0.29, 0.717) is 12.6 Å². The van der Waals surface area contributed by atoms with Gasteiger partial charge in [-0.2, -0.15) is 0 Å². The van der Waals surface area contributed by atoms with Crippen molar-refractivity contribution in [2.45, 2.75) is 26.0 Å². The Morgan fingerprint density at radius 2 is 2.33 bits per heavy atom. The van der Waals surface area contributed by atoms with Crippen molar-refractivity contribution in [3.05, 3.63) is 27.8 Å². The van der Waals surface area contributed by atoms with Gasteiger partial charge in [-0.05, 0) is 54.6 Å². The van der Waals surface area contributed by atoms with Gasteiger partial charge in [-0.3, -0.25) is 4.90 Å². The highest BCUT2D eigenvalue weighted by molar-refractivity contribution is 14.1. The lowest BCUT2D eigenvalue weighted by molar-refractivity contribution is -0.0564. The molecule has 0 aromatic heterocycles. The number of benzene rings is 1. The predicted octanol–water partition coefficient (Wildman–Crippen LogP) is 2.78. The number of halogens is 1. The molecule has 0 radical (unpaired) electrons. The number of nitrogens with zero attached hydrogens (tertiary/aromatic N) is 1. The summed E-state index contributed by atoms with van der Waals surface area (Å²) in [5, 5.41) is 0. The molecule has 18 heavy (non-hydrogen) atoms. The number of ether oxygens (including phenoxy) is 2. The number of rotatable bonds is 4. The minimum atomic E-state index is 0.180. The third-order valence-corrected chi connectivity index (χ3v) is 3.80. The first-order valence-corrected chi connectivity index (χ1v) is 7.47. The summed E-state index contributed by atoms with van der Waals surface area (Å²) >= 11 is 2.29. The third-order valence-electron chi connectivity index (χ3n) is 3.13. The van der Waals surface area contributed by atoms with E-state index in [1.54, 1.807) is 0 Å². The van der Waals surface area contributed by atoms with Gasteiger partial charge >= 0.3 is 0 Å². The van der Waals surface area contributed by atoms with Crippen LogP contribution in [-0.4, -0.2) is 43.3 Å². The molecule has 0 aliphatic carbocycles. The summed E-state index contributed by atoms with van der Waals surface area (Å²) in [6, 6.07) is 8.69. The molecule has 0 N–H and O–H groups in total. The quantitative estimate of drug-likeness (QED) is 0.770. The maximum absolute atomic E-state index is 5.80. The fourth-order valence-electron chi connectivity index (χ4n) is 2.06. The highest BCUT2D eigenvalue weighted by Gasteiger charge is 2.22. The van der Waals surface area contributed by atoms with E-state index in [-0.39, 0.29) is 6.10 Å². The summed E-state index contributed by atoms with van der Waals surface area (Å²) < 4.78 is 12.7. The normalized spacial score (nSPS) is 21.2. The van der Waals surface area contributed by atoms with Crippen LogP contribution in [0.5, 0.6) is 5.75 Å². The van der Waals surface area contributed by atoms with Crippen molar-refractivity contribution in [3.63, 3.8) is 0 Å². The van der Waals surface area contributed by atoms with Crippen molar-refractivity contribution in [3.8, 4) is 5.75 Å². The SMILES string of the molecule is CC(C)N1CCOC(COc2cccc(I)c2)C1. The summed E-state index contributed by atoms with van der Waals surface area (Å²) in [4.78, 5) is 2.44. The Kier molecular flexibility index (Phi) is 5.26. The van der Waals surface area contributed by atoms with Crippen LogP contribution in [0.1, 0.15) is 13.8 Å². The summed E-state index contributed by atoms with van der Waals surface area (Å²) in [7, 11) is 0. The van der Waals surface area contributed by atoms with Gasteiger partial charge in [0, 0.05) is 22.7 Å². The fourth-order valence-corrected chi connectivity index (χ4v) is 2.57. The topological polar surface area (TPSA) is 21.7 Å². The molecule has 0 saturated carbocycles. The van der Waals surface area contributed by atoms with Crippen molar-refractivity contribution < 1.29 is 9.47 Å². The van der Waals surface area contributed by atoms with E-state index in [0.717, 1.165) is 25.4 Å². The van der Waals surface area contributed by atoms with E-state index in [2.05, 4.69) is 47.4 Å².